The van der Waals surface area contributed by atoms with E-state index in [1.165, 1.54) is 0 Å². The molecule has 5 heteroatoms. The average molecular weight is 217 g/mol. The number of esters is 1. The summed E-state index contributed by atoms with van der Waals surface area (Å²) >= 11 is 0. The molecule has 78 valence electrons. The smallest absolute Gasteiger partial charge is 0.313 e. The van der Waals surface area contributed by atoms with Gasteiger partial charge in [0.1, 0.15) is 0 Å². The van der Waals surface area contributed by atoms with E-state index in [0.29, 0.717) is 13.1 Å². The SMILES string of the molecule is CC#CCOC(=O)C1CN=CNC1.Cl. The highest BCUT2D eigenvalue weighted by Crippen LogP contribution is 2.01. The maximum Gasteiger partial charge on any atom is 0.313 e. The van der Waals surface area contributed by atoms with Gasteiger partial charge in [-0.3, -0.25) is 9.79 Å². The van der Waals surface area contributed by atoms with Crippen LogP contribution in [0, 0.1) is 17.8 Å². The number of ether oxygens (including phenoxy) is 1. The molecule has 1 unspecified atom stereocenters. The van der Waals surface area contributed by atoms with Crippen LogP contribution in [0.15, 0.2) is 4.99 Å². The molecule has 1 rings (SSSR count). The lowest BCUT2D eigenvalue weighted by Gasteiger charge is -2.15. The molecule has 1 heterocycles. The Bertz CT molecular complexity index is 268. The minimum absolute atomic E-state index is 0. The summed E-state index contributed by atoms with van der Waals surface area (Å²) in [4.78, 5) is 15.2. The normalized spacial score (nSPS) is 18.2. The second-order valence-corrected chi connectivity index (χ2v) is 2.63. The number of hydrogen-bond donors (Lipinski definition) is 1. The van der Waals surface area contributed by atoms with Crippen LogP contribution in [0.4, 0.5) is 0 Å². The van der Waals surface area contributed by atoms with Gasteiger partial charge in [0.2, 0.25) is 0 Å². The van der Waals surface area contributed by atoms with E-state index in [4.69, 9.17) is 4.74 Å². The molecule has 0 fully saturated rings. The number of aliphatic imine (C=N–C) groups is 1. The molecule has 1 N–H and O–H groups in total. The molecular weight excluding hydrogens is 204 g/mol. The van der Waals surface area contributed by atoms with Crippen LogP contribution in [0.1, 0.15) is 6.92 Å². The molecule has 4 nitrogen and oxygen atoms in total. The van der Waals surface area contributed by atoms with Crippen molar-refractivity contribution in [1.29, 1.82) is 0 Å². The zero-order chi connectivity index (χ0) is 9.52. The Labute approximate surface area is 89.5 Å². The molecule has 1 aliphatic rings. The summed E-state index contributed by atoms with van der Waals surface area (Å²) < 4.78 is 4.90. The number of hydrogen-bond acceptors (Lipinski definition) is 4. The summed E-state index contributed by atoms with van der Waals surface area (Å²) in [5.41, 5.74) is 0. The number of rotatable bonds is 2. The molecule has 0 aliphatic carbocycles. The number of carbonyl (C=O) groups is 1. The Kier molecular flexibility index (Phi) is 6.59. The van der Waals surface area contributed by atoms with Crippen molar-refractivity contribution in [2.24, 2.45) is 10.9 Å². The molecule has 0 amide bonds. The number of nitrogens with zero attached hydrogens (tertiary/aromatic N) is 1. The van der Waals surface area contributed by atoms with E-state index in [9.17, 15) is 4.79 Å². The number of carbonyl (C=O) groups excluding carboxylic acids is 1. The maximum atomic E-state index is 11.3. The van der Waals surface area contributed by atoms with Gasteiger partial charge in [0, 0.05) is 6.54 Å². The summed E-state index contributed by atoms with van der Waals surface area (Å²) in [7, 11) is 0. The maximum absolute atomic E-state index is 11.3. The van der Waals surface area contributed by atoms with E-state index >= 15 is 0 Å². The minimum Gasteiger partial charge on any atom is -0.452 e. The Balaban J connectivity index is 0.00000169. The standard InChI is InChI=1S/C9H12N2O2.ClH/c1-2-3-4-13-9(12)8-5-10-7-11-6-8;/h7-8H,4-6H2,1H3,(H,10,11);1H. The van der Waals surface area contributed by atoms with Crippen molar-refractivity contribution in [3.63, 3.8) is 0 Å². The largest absolute Gasteiger partial charge is 0.452 e. The highest BCUT2D eigenvalue weighted by Gasteiger charge is 2.20. The first-order valence-electron chi connectivity index (χ1n) is 4.12. The quantitative estimate of drug-likeness (QED) is 0.531. The van der Waals surface area contributed by atoms with Crippen LogP contribution in [-0.2, 0) is 9.53 Å². The monoisotopic (exact) mass is 216 g/mol. The zero-order valence-corrected chi connectivity index (χ0v) is 8.76. The van der Waals surface area contributed by atoms with Gasteiger partial charge < -0.3 is 10.1 Å². The first-order chi connectivity index (χ1) is 6.34. The third-order valence-electron chi connectivity index (χ3n) is 1.67. The van der Waals surface area contributed by atoms with Crippen molar-refractivity contribution < 1.29 is 9.53 Å². The van der Waals surface area contributed by atoms with E-state index in [1.54, 1.807) is 13.3 Å². The topological polar surface area (TPSA) is 50.7 Å². The van der Waals surface area contributed by atoms with Gasteiger partial charge in [-0.05, 0) is 6.92 Å². The van der Waals surface area contributed by atoms with E-state index in [-0.39, 0.29) is 30.9 Å². The third-order valence-corrected chi connectivity index (χ3v) is 1.67. The molecule has 0 saturated carbocycles. The van der Waals surface area contributed by atoms with Crippen molar-refractivity contribution >= 4 is 24.7 Å². The predicted octanol–water partition coefficient (Wildman–Crippen LogP) is 0.222. The fourth-order valence-corrected chi connectivity index (χ4v) is 0.959. The fourth-order valence-electron chi connectivity index (χ4n) is 0.959. The molecule has 14 heavy (non-hydrogen) atoms. The lowest BCUT2D eigenvalue weighted by Crippen LogP contribution is -2.35. The van der Waals surface area contributed by atoms with Gasteiger partial charge >= 0.3 is 5.97 Å². The molecule has 0 aromatic carbocycles. The fraction of sp³-hybridized carbons (Fsp3) is 0.556. The van der Waals surface area contributed by atoms with Gasteiger partial charge in [0.25, 0.3) is 0 Å². The highest BCUT2D eigenvalue weighted by atomic mass is 35.5. The van der Waals surface area contributed by atoms with Crippen LogP contribution in [0.3, 0.4) is 0 Å². The molecule has 0 saturated heterocycles. The van der Waals surface area contributed by atoms with Crippen molar-refractivity contribution in [2.75, 3.05) is 19.7 Å². The van der Waals surface area contributed by atoms with Crippen LogP contribution in [0.2, 0.25) is 0 Å². The predicted molar refractivity (Wildman–Crippen MR) is 56.5 cm³/mol. The average Bonchev–Trinajstić information content (AvgIpc) is 2.19. The van der Waals surface area contributed by atoms with Gasteiger partial charge in [-0.15, -0.1) is 18.3 Å². The molecular formula is C9H13ClN2O2. The van der Waals surface area contributed by atoms with Crippen LogP contribution in [0.25, 0.3) is 0 Å². The van der Waals surface area contributed by atoms with Gasteiger partial charge in [0.15, 0.2) is 6.61 Å². The lowest BCUT2D eigenvalue weighted by molar-refractivity contribution is -0.146. The van der Waals surface area contributed by atoms with Gasteiger partial charge in [-0.1, -0.05) is 5.92 Å². The van der Waals surface area contributed by atoms with Crippen molar-refractivity contribution in [1.82, 2.24) is 5.32 Å². The summed E-state index contributed by atoms with van der Waals surface area (Å²) in [5, 5.41) is 2.88. The lowest BCUT2D eigenvalue weighted by atomic mass is 10.1. The summed E-state index contributed by atoms with van der Waals surface area (Å²) in [6, 6.07) is 0. The van der Waals surface area contributed by atoms with Gasteiger partial charge in [-0.25, -0.2) is 0 Å². The third kappa shape index (κ3) is 4.15. The van der Waals surface area contributed by atoms with Crippen molar-refractivity contribution in [2.45, 2.75) is 6.92 Å². The van der Waals surface area contributed by atoms with Crippen LogP contribution in [0.5, 0.6) is 0 Å². The first kappa shape index (κ1) is 12.8. The Hall–Kier alpha value is -1.21. The molecule has 0 spiro atoms. The molecule has 0 radical (unpaired) electrons. The molecule has 1 aliphatic heterocycles. The highest BCUT2D eigenvalue weighted by molar-refractivity contribution is 5.85. The van der Waals surface area contributed by atoms with E-state index in [0.717, 1.165) is 0 Å². The van der Waals surface area contributed by atoms with Gasteiger partial charge in [-0.2, -0.15) is 0 Å². The Morgan fingerprint density at radius 1 is 1.79 bits per heavy atom. The van der Waals surface area contributed by atoms with E-state index in [1.807, 2.05) is 0 Å². The summed E-state index contributed by atoms with van der Waals surface area (Å²) in [5.74, 6) is 4.93. The van der Waals surface area contributed by atoms with E-state index < -0.39 is 0 Å². The minimum atomic E-state index is -0.230. The van der Waals surface area contributed by atoms with Crippen molar-refractivity contribution in [3.8, 4) is 11.8 Å². The summed E-state index contributed by atoms with van der Waals surface area (Å²) in [6.45, 7) is 2.99. The Morgan fingerprint density at radius 3 is 3.14 bits per heavy atom. The molecule has 0 bridgehead atoms. The van der Waals surface area contributed by atoms with Crippen LogP contribution in [-0.4, -0.2) is 32.0 Å². The molecule has 0 aromatic rings. The second-order valence-electron chi connectivity index (χ2n) is 2.63. The van der Waals surface area contributed by atoms with Crippen LogP contribution >= 0.6 is 12.4 Å². The van der Waals surface area contributed by atoms with Crippen molar-refractivity contribution in [3.05, 3.63) is 0 Å². The van der Waals surface area contributed by atoms with Crippen LogP contribution < -0.4 is 5.32 Å². The van der Waals surface area contributed by atoms with Gasteiger partial charge in [0.05, 0.1) is 18.8 Å². The van der Waals surface area contributed by atoms with E-state index in [2.05, 4.69) is 22.2 Å². The Morgan fingerprint density at radius 2 is 2.57 bits per heavy atom. The molecule has 1 atom stereocenters. The number of halogens is 1. The first-order valence-corrected chi connectivity index (χ1v) is 4.12. The number of nitrogens with one attached hydrogen (secondary N) is 1. The summed E-state index contributed by atoms with van der Waals surface area (Å²) in [6.07, 6.45) is 1.61. The molecule has 0 aromatic heterocycles. The zero-order valence-electron chi connectivity index (χ0n) is 7.95. The second kappa shape index (κ2) is 7.22.